The van der Waals surface area contributed by atoms with Crippen LogP contribution >= 0.6 is 0 Å². The first-order valence-electron chi connectivity index (χ1n) is 2.42. The summed E-state index contributed by atoms with van der Waals surface area (Å²) >= 11 is 0. The quantitative estimate of drug-likeness (QED) is 0.388. The molecule has 1 saturated heterocycles. The Balaban J connectivity index is 2.05. The summed E-state index contributed by atoms with van der Waals surface area (Å²) in [5.41, 5.74) is 5.16. The fourth-order valence-electron chi connectivity index (χ4n) is 0.397. The van der Waals surface area contributed by atoms with E-state index in [2.05, 4.69) is 0 Å². The summed E-state index contributed by atoms with van der Waals surface area (Å²) in [6.07, 6.45) is 4.29. The molecule has 0 aromatic rings. The summed E-state index contributed by atoms with van der Waals surface area (Å²) in [7, 11) is 0. The second-order valence-electron chi connectivity index (χ2n) is 1.54. The molecule has 0 aromatic carbocycles. The molecule has 2 heteroatoms. The molecule has 0 bridgehead atoms. The van der Waals surface area contributed by atoms with Gasteiger partial charge in [0.15, 0.2) is 0 Å². The zero-order valence-corrected chi connectivity index (χ0v) is 4.13. The smallest absolute Gasteiger partial charge is 0.0991 e. The van der Waals surface area contributed by atoms with E-state index in [1.165, 1.54) is 0 Å². The zero-order valence-electron chi connectivity index (χ0n) is 4.13. The van der Waals surface area contributed by atoms with Crippen molar-refractivity contribution in [2.75, 3.05) is 13.2 Å². The summed E-state index contributed by atoms with van der Waals surface area (Å²) in [5.74, 6) is 0. The Morgan fingerprint density at radius 3 is 3.00 bits per heavy atom. The van der Waals surface area contributed by atoms with Gasteiger partial charge in [-0.05, 0) is 0 Å². The minimum Gasteiger partial charge on any atom is -0.369 e. The topological polar surface area (TPSA) is 38.5 Å². The number of hydrogen-bond acceptors (Lipinski definition) is 2. The third kappa shape index (κ3) is 1.71. The first-order chi connectivity index (χ1) is 3.43. The molecular formula is C5H9NO. The summed E-state index contributed by atoms with van der Waals surface area (Å²) in [4.78, 5) is 0. The molecule has 0 saturated carbocycles. The van der Waals surface area contributed by atoms with Crippen LogP contribution < -0.4 is 5.73 Å². The van der Waals surface area contributed by atoms with E-state index in [-0.39, 0.29) is 0 Å². The summed E-state index contributed by atoms with van der Waals surface area (Å²) in [5, 5.41) is 0. The highest BCUT2D eigenvalue weighted by Crippen LogP contribution is 2.08. The minimum absolute atomic E-state index is 0.392. The third-order valence-electron chi connectivity index (χ3n) is 0.846. The van der Waals surface area contributed by atoms with Crippen molar-refractivity contribution < 1.29 is 4.74 Å². The number of nitrogens with two attached hydrogens (primary N) is 1. The van der Waals surface area contributed by atoms with Crippen LogP contribution in [0.5, 0.6) is 0 Å². The van der Waals surface area contributed by atoms with Crippen LogP contribution in [-0.4, -0.2) is 19.3 Å². The van der Waals surface area contributed by atoms with Crippen LogP contribution in [0.2, 0.25) is 0 Å². The van der Waals surface area contributed by atoms with Crippen LogP contribution in [0, 0.1) is 0 Å². The van der Waals surface area contributed by atoms with Gasteiger partial charge in [-0.2, -0.15) is 0 Å². The molecule has 0 radical (unpaired) electrons. The van der Waals surface area contributed by atoms with E-state index in [0.29, 0.717) is 12.6 Å². The normalized spacial score (nSPS) is 29.0. The fourth-order valence-corrected chi connectivity index (χ4v) is 0.397. The van der Waals surface area contributed by atoms with Crippen molar-refractivity contribution in [3.8, 4) is 0 Å². The van der Waals surface area contributed by atoms with Crippen LogP contribution in [-0.2, 0) is 4.74 Å². The van der Waals surface area contributed by atoms with E-state index < -0.39 is 0 Å². The van der Waals surface area contributed by atoms with Crippen molar-refractivity contribution in [3.05, 3.63) is 12.2 Å². The standard InChI is InChI=1S/C5H9NO/c6-3-1-2-5-4-7-5/h1-2,5H,3-4,6H2/b2-1+. The van der Waals surface area contributed by atoms with Crippen molar-refractivity contribution in [1.29, 1.82) is 0 Å². The van der Waals surface area contributed by atoms with E-state index in [9.17, 15) is 0 Å². The van der Waals surface area contributed by atoms with Crippen LogP contribution in [0.4, 0.5) is 0 Å². The Hall–Kier alpha value is -0.340. The van der Waals surface area contributed by atoms with Gasteiger partial charge >= 0.3 is 0 Å². The Labute approximate surface area is 43.0 Å². The van der Waals surface area contributed by atoms with E-state index in [0.717, 1.165) is 6.61 Å². The predicted octanol–water partition coefficient (Wildman–Crippen LogP) is -0.0999. The van der Waals surface area contributed by atoms with Gasteiger partial charge in [0.25, 0.3) is 0 Å². The van der Waals surface area contributed by atoms with Gasteiger partial charge < -0.3 is 10.5 Å². The minimum atomic E-state index is 0.392. The molecular weight excluding hydrogens is 90.1 g/mol. The Morgan fingerprint density at radius 2 is 2.57 bits per heavy atom. The van der Waals surface area contributed by atoms with Gasteiger partial charge in [0.1, 0.15) is 0 Å². The Morgan fingerprint density at radius 1 is 1.86 bits per heavy atom. The molecule has 2 N–H and O–H groups in total. The Bertz CT molecular complexity index is 76.1. The molecule has 1 aliphatic heterocycles. The van der Waals surface area contributed by atoms with Crippen LogP contribution in [0.15, 0.2) is 12.2 Å². The van der Waals surface area contributed by atoms with Gasteiger partial charge in [-0.25, -0.2) is 0 Å². The first-order valence-corrected chi connectivity index (χ1v) is 2.42. The largest absolute Gasteiger partial charge is 0.369 e. The average Bonchev–Trinajstić information content (AvgIpc) is 2.42. The molecule has 1 unspecified atom stereocenters. The summed E-state index contributed by atoms with van der Waals surface area (Å²) in [6.45, 7) is 1.51. The highest BCUT2D eigenvalue weighted by Gasteiger charge is 2.17. The lowest BCUT2D eigenvalue weighted by Gasteiger charge is -1.74. The van der Waals surface area contributed by atoms with Gasteiger partial charge in [0.2, 0.25) is 0 Å². The van der Waals surface area contributed by atoms with Crippen molar-refractivity contribution >= 4 is 0 Å². The molecule has 0 aromatic heterocycles. The van der Waals surface area contributed by atoms with Crippen molar-refractivity contribution in [2.45, 2.75) is 6.10 Å². The highest BCUT2D eigenvalue weighted by molar-refractivity contribution is 4.95. The zero-order chi connectivity index (χ0) is 5.11. The van der Waals surface area contributed by atoms with Gasteiger partial charge in [-0.15, -0.1) is 0 Å². The maximum atomic E-state index is 5.16. The molecule has 0 amide bonds. The lowest BCUT2D eigenvalue weighted by Crippen LogP contribution is -1.92. The molecule has 0 aliphatic carbocycles. The van der Waals surface area contributed by atoms with Gasteiger partial charge in [0.05, 0.1) is 12.7 Å². The molecule has 2 nitrogen and oxygen atoms in total. The molecule has 1 aliphatic rings. The molecule has 1 atom stereocenters. The molecule has 7 heavy (non-hydrogen) atoms. The van der Waals surface area contributed by atoms with Gasteiger partial charge in [0, 0.05) is 6.54 Å². The molecule has 1 fully saturated rings. The number of ether oxygens (including phenoxy) is 1. The molecule has 1 rings (SSSR count). The predicted molar refractivity (Wildman–Crippen MR) is 27.9 cm³/mol. The van der Waals surface area contributed by atoms with Gasteiger partial charge in [-0.3, -0.25) is 0 Å². The lowest BCUT2D eigenvalue weighted by molar-refractivity contribution is 0.440. The summed E-state index contributed by atoms with van der Waals surface area (Å²) in [6, 6.07) is 0. The molecule has 0 spiro atoms. The fraction of sp³-hybridized carbons (Fsp3) is 0.600. The molecule has 40 valence electrons. The second kappa shape index (κ2) is 2.09. The number of rotatable bonds is 2. The van der Waals surface area contributed by atoms with E-state index in [1.807, 2.05) is 12.2 Å². The molecule has 1 heterocycles. The average molecular weight is 99.1 g/mol. The van der Waals surface area contributed by atoms with E-state index >= 15 is 0 Å². The van der Waals surface area contributed by atoms with Crippen LogP contribution in [0.1, 0.15) is 0 Å². The van der Waals surface area contributed by atoms with Crippen LogP contribution in [0.25, 0.3) is 0 Å². The van der Waals surface area contributed by atoms with Crippen LogP contribution in [0.3, 0.4) is 0 Å². The second-order valence-corrected chi connectivity index (χ2v) is 1.54. The van der Waals surface area contributed by atoms with Crippen molar-refractivity contribution in [3.63, 3.8) is 0 Å². The maximum Gasteiger partial charge on any atom is 0.0991 e. The monoisotopic (exact) mass is 99.1 g/mol. The van der Waals surface area contributed by atoms with E-state index in [4.69, 9.17) is 10.5 Å². The van der Waals surface area contributed by atoms with E-state index in [1.54, 1.807) is 0 Å². The third-order valence-corrected chi connectivity index (χ3v) is 0.846. The van der Waals surface area contributed by atoms with Crippen molar-refractivity contribution in [1.82, 2.24) is 0 Å². The van der Waals surface area contributed by atoms with Gasteiger partial charge in [-0.1, -0.05) is 12.2 Å². The van der Waals surface area contributed by atoms with Crippen molar-refractivity contribution in [2.24, 2.45) is 5.73 Å². The maximum absolute atomic E-state index is 5.16. The lowest BCUT2D eigenvalue weighted by atomic mass is 10.4. The Kier molecular flexibility index (Phi) is 1.44. The first kappa shape index (κ1) is 4.81. The number of epoxide rings is 1. The number of hydrogen-bond donors (Lipinski definition) is 1. The summed E-state index contributed by atoms with van der Waals surface area (Å²) < 4.78 is 4.87. The highest BCUT2D eigenvalue weighted by atomic mass is 16.6. The SMILES string of the molecule is NC/C=C/C1CO1.